The Hall–Kier alpha value is -1.65. The summed E-state index contributed by atoms with van der Waals surface area (Å²) in [6.07, 6.45) is 1.29. The van der Waals surface area contributed by atoms with E-state index in [2.05, 4.69) is 37.9 Å². The quantitative estimate of drug-likeness (QED) is 0.521. The van der Waals surface area contributed by atoms with Crippen LogP contribution in [0.3, 0.4) is 0 Å². The Morgan fingerprint density at radius 1 is 0.810 bits per heavy atom. The fourth-order valence-electron chi connectivity index (χ4n) is 2.10. The number of ether oxygens (including phenoxy) is 1. The van der Waals surface area contributed by atoms with Crippen molar-refractivity contribution in [1.82, 2.24) is 0 Å². The first kappa shape index (κ1) is 14.3. The Kier molecular flexibility index (Phi) is 4.08. The number of nitrogens with one attached hydrogen (secondary N) is 1. The molecule has 0 aliphatic heterocycles. The molecule has 0 aliphatic carbocycles. The van der Waals surface area contributed by atoms with E-state index in [0.29, 0.717) is 5.75 Å². The molecule has 0 aliphatic rings. The molecule has 3 rings (SSSR count). The topological polar surface area (TPSA) is 33.1 Å². The fraction of sp³-hybridized carbons (Fsp3) is 0. The van der Waals surface area contributed by atoms with Gasteiger partial charge < -0.3 is 10.1 Å². The monoisotopic (exact) mass is 403 g/mol. The summed E-state index contributed by atoms with van der Waals surface area (Å²) >= 11 is 6.90. The van der Waals surface area contributed by atoms with E-state index in [1.807, 2.05) is 48.5 Å². The van der Waals surface area contributed by atoms with Gasteiger partial charge in [-0.25, -0.2) is 0 Å². The second-order valence-corrected chi connectivity index (χ2v) is 6.41. The van der Waals surface area contributed by atoms with Crippen molar-refractivity contribution < 1.29 is 4.74 Å². The Labute approximate surface area is 139 Å². The van der Waals surface area contributed by atoms with E-state index in [0.717, 1.165) is 31.0 Å². The largest absolute Gasteiger partial charge is 0.457 e. The van der Waals surface area contributed by atoms with Crippen LogP contribution in [0.15, 0.2) is 63.5 Å². The molecule has 0 spiro atoms. The first-order valence-corrected chi connectivity index (χ1v) is 7.91. The molecule has 0 radical (unpaired) electrons. The summed E-state index contributed by atoms with van der Waals surface area (Å²) in [7, 11) is 0. The van der Waals surface area contributed by atoms with Gasteiger partial charge in [0.05, 0.1) is 0 Å². The van der Waals surface area contributed by atoms with E-state index in [1.54, 1.807) is 0 Å². The summed E-state index contributed by atoms with van der Waals surface area (Å²) in [4.78, 5) is 0. The summed E-state index contributed by atoms with van der Waals surface area (Å²) < 4.78 is 7.91. The predicted molar refractivity (Wildman–Crippen MR) is 93.7 cm³/mol. The maximum Gasteiger partial charge on any atom is 0.137 e. The van der Waals surface area contributed by atoms with Crippen LogP contribution in [0.4, 0.5) is 0 Å². The molecule has 2 nitrogen and oxygen atoms in total. The highest BCUT2D eigenvalue weighted by molar-refractivity contribution is 9.10. The molecule has 0 unspecified atom stereocenters. The molecular formula is C17H11Br2NO. The number of fused-ring (bicyclic) bond motifs is 1. The van der Waals surface area contributed by atoms with Gasteiger partial charge in [0.15, 0.2) is 0 Å². The zero-order valence-corrected chi connectivity index (χ0v) is 14.1. The Bertz CT molecular complexity index is 830. The molecule has 1 N–H and O–H groups in total. The normalized spacial score (nSPS) is 10.6. The lowest BCUT2D eigenvalue weighted by atomic mass is 10.1. The number of hydrogen-bond acceptors (Lipinski definition) is 2. The van der Waals surface area contributed by atoms with Gasteiger partial charge in [-0.3, -0.25) is 0 Å². The lowest BCUT2D eigenvalue weighted by Gasteiger charge is -2.10. The number of benzene rings is 3. The predicted octanol–water partition coefficient (Wildman–Crippen LogP) is 6.15. The molecule has 0 heterocycles. The summed E-state index contributed by atoms with van der Waals surface area (Å²) in [5.74, 6) is 1.42. The van der Waals surface area contributed by atoms with Crippen LogP contribution in [-0.2, 0) is 0 Å². The molecule has 0 aromatic heterocycles. The lowest BCUT2D eigenvalue weighted by Crippen LogP contribution is -1.90. The number of halogens is 2. The SMILES string of the molecule is N=Cc1ccc(Br)cc1Oc1ccc2cc(Br)ccc2c1. The zero-order chi connectivity index (χ0) is 14.8. The molecule has 3 aromatic rings. The van der Waals surface area contributed by atoms with Gasteiger partial charge in [-0.05, 0) is 53.2 Å². The van der Waals surface area contributed by atoms with Crippen LogP contribution >= 0.6 is 31.9 Å². The highest BCUT2D eigenvalue weighted by atomic mass is 79.9. The average Bonchev–Trinajstić information content (AvgIpc) is 2.48. The van der Waals surface area contributed by atoms with Gasteiger partial charge >= 0.3 is 0 Å². The third-order valence-corrected chi connectivity index (χ3v) is 4.12. The van der Waals surface area contributed by atoms with Crippen molar-refractivity contribution in [3.05, 3.63) is 69.1 Å². The third-order valence-electron chi connectivity index (χ3n) is 3.13. The van der Waals surface area contributed by atoms with Gasteiger partial charge in [0.25, 0.3) is 0 Å². The summed E-state index contributed by atoms with van der Waals surface area (Å²) in [6, 6.07) is 17.7. The molecule has 104 valence electrons. The van der Waals surface area contributed by atoms with Crippen molar-refractivity contribution in [1.29, 1.82) is 5.41 Å². The fourth-order valence-corrected chi connectivity index (χ4v) is 2.82. The van der Waals surface area contributed by atoms with Crippen LogP contribution in [0.1, 0.15) is 5.56 Å². The molecule has 0 atom stereocenters. The lowest BCUT2D eigenvalue weighted by molar-refractivity contribution is 0.482. The van der Waals surface area contributed by atoms with E-state index in [4.69, 9.17) is 10.1 Å². The van der Waals surface area contributed by atoms with Gasteiger partial charge in [-0.2, -0.15) is 0 Å². The van der Waals surface area contributed by atoms with Crippen molar-refractivity contribution in [3.8, 4) is 11.5 Å². The van der Waals surface area contributed by atoms with E-state index in [-0.39, 0.29) is 0 Å². The molecule has 0 amide bonds. The smallest absolute Gasteiger partial charge is 0.137 e. The van der Waals surface area contributed by atoms with E-state index < -0.39 is 0 Å². The van der Waals surface area contributed by atoms with Crippen LogP contribution in [0.25, 0.3) is 10.8 Å². The highest BCUT2D eigenvalue weighted by Gasteiger charge is 2.05. The maximum atomic E-state index is 7.45. The van der Waals surface area contributed by atoms with E-state index in [1.165, 1.54) is 6.21 Å². The Morgan fingerprint density at radius 2 is 1.48 bits per heavy atom. The molecule has 0 bridgehead atoms. The molecule has 0 saturated carbocycles. The van der Waals surface area contributed by atoms with Crippen molar-refractivity contribution in [3.63, 3.8) is 0 Å². The van der Waals surface area contributed by atoms with Gasteiger partial charge in [-0.15, -0.1) is 0 Å². The van der Waals surface area contributed by atoms with Crippen molar-refractivity contribution in [2.75, 3.05) is 0 Å². The average molecular weight is 405 g/mol. The van der Waals surface area contributed by atoms with Crippen LogP contribution in [0.2, 0.25) is 0 Å². The third kappa shape index (κ3) is 3.17. The minimum atomic E-state index is 0.663. The van der Waals surface area contributed by atoms with Crippen molar-refractivity contribution in [2.24, 2.45) is 0 Å². The maximum absolute atomic E-state index is 7.45. The van der Waals surface area contributed by atoms with Gasteiger partial charge in [0.2, 0.25) is 0 Å². The molecule has 0 fully saturated rings. The van der Waals surface area contributed by atoms with Crippen molar-refractivity contribution in [2.45, 2.75) is 0 Å². The standard InChI is InChI=1S/C17H11Br2NO/c18-14-4-1-12-8-16(6-3-11(12)7-14)21-17-9-15(19)5-2-13(17)10-20/h1-10,20H. The highest BCUT2D eigenvalue weighted by Crippen LogP contribution is 2.30. The second kappa shape index (κ2) is 6.00. The first-order valence-electron chi connectivity index (χ1n) is 6.33. The van der Waals surface area contributed by atoms with E-state index >= 15 is 0 Å². The van der Waals surface area contributed by atoms with Crippen LogP contribution in [0, 0.1) is 5.41 Å². The molecule has 4 heteroatoms. The Balaban J connectivity index is 2.00. The summed E-state index contributed by atoms with van der Waals surface area (Å²) in [5.41, 5.74) is 0.745. The minimum Gasteiger partial charge on any atom is -0.457 e. The molecule has 21 heavy (non-hydrogen) atoms. The zero-order valence-electron chi connectivity index (χ0n) is 10.9. The Morgan fingerprint density at radius 3 is 2.29 bits per heavy atom. The van der Waals surface area contributed by atoms with Gasteiger partial charge in [-0.1, -0.05) is 44.0 Å². The molecular weight excluding hydrogens is 394 g/mol. The van der Waals surface area contributed by atoms with E-state index in [9.17, 15) is 0 Å². The van der Waals surface area contributed by atoms with Crippen LogP contribution < -0.4 is 4.74 Å². The summed E-state index contributed by atoms with van der Waals surface area (Å²) in [6.45, 7) is 0. The molecule has 0 saturated heterocycles. The summed E-state index contributed by atoms with van der Waals surface area (Å²) in [5, 5.41) is 9.71. The molecule has 3 aromatic carbocycles. The second-order valence-electron chi connectivity index (χ2n) is 4.58. The van der Waals surface area contributed by atoms with Gasteiger partial charge in [0.1, 0.15) is 11.5 Å². The van der Waals surface area contributed by atoms with Crippen molar-refractivity contribution >= 4 is 48.8 Å². The first-order chi connectivity index (χ1) is 10.2. The van der Waals surface area contributed by atoms with Crippen LogP contribution in [-0.4, -0.2) is 6.21 Å². The van der Waals surface area contributed by atoms with Crippen LogP contribution in [0.5, 0.6) is 11.5 Å². The van der Waals surface area contributed by atoms with Gasteiger partial charge in [0, 0.05) is 20.7 Å². The minimum absolute atomic E-state index is 0.663. The number of rotatable bonds is 3. The number of hydrogen-bond donors (Lipinski definition) is 1.